The number of rotatable bonds is 7. The van der Waals surface area contributed by atoms with Gasteiger partial charge >= 0.3 is 0 Å². The van der Waals surface area contributed by atoms with Gasteiger partial charge in [0.15, 0.2) is 11.0 Å². The third-order valence-corrected chi connectivity index (χ3v) is 6.67. The second-order valence-corrected chi connectivity index (χ2v) is 9.24. The number of hydrogen-bond donors (Lipinski definition) is 1. The number of benzene rings is 2. The summed E-state index contributed by atoms with van der Waals surface area (Å²) in [4.78, 5) is 12.8. The molecule has 1 saturated carbocycles. The summed E-state index contributed by atoms with van der Waals surface area (Å²) in [6.07, 6.45) is 4.52. The fraction of sp³-hybridized carbons (Fsp3) is 0.375. The summed E-state index contributed by atoms with van der Waals surface area (Å²) < 4.78 is 7.56. The van der Waals surface area contributed by atoms with Crippen LogP contribution in [0.15, 0.2) is 53.7 Å². The average Bonchev–Trinajstić information content (AvgIpc) is 3.44. The maximum absolute atomic E-state index is 12.8. The Hall–Kier alpha value is -2.80. The second kappa shape index (κ2) is 9.56. The SMILES string of the molecule is COc1ccccc1-c1nnc(SC(C)C(=O)NC2CCCC2)n1-c1ccc(C)cc1. The molecule has 0 bridgehead atoms. The van der Waals surface area contributed by atoms with E-state index in [9.17, 15) is 4.79 Å². The molecule has 1 N–H and O–H groups in total. The van der Waals surface area contributed by atoms with Crippen molar-refractivity contribution in [3.05, 3.63) is 54.1 Å². The largest absolute Gasteiger partial charge is 0.496 e. The van der Waals surface area contributed by atoms with Crippen LogP contribution in [0.4, 0.5) is 0 Å². The number of nitrogens with zero attached hydrogens (tertiary/aromatic N) is 3. The minimum atomic E-state index is -0.278. The van der Waals surface area contributed by atoms with Crippen LogP contribution in [0, 0.1) is 6.92 Å². The Morgan fingerprint density at radius 1 is 1.13 bits per heavy atom. The maximum atomic E-state index is 12.8. The molecule has 1 fully saturated rings. The van der Waals surface area contributed by atoms with Crippen LogP contribution in [-0.4, -0.2) is 39.1 Å². The summed E-state index contributed by atoms with van der Waals surface area (Å²) in [6, 6.07) is 16.3. The monoisotopic (exact) mass is 436 g/mol. The van der Waals surface area contributed by atoms with E-state index < -0.39 is 0 Å². The summed E-state index contributed by atoms with van der Waals surface area (Å²) in [5, 5.41) is 12.5. The lowest BCUT2D eigenvalue weighted by atomic mass is 10.1. The van der Waals surface area contributed by atoms with Gasteiger partial charge in [-0.15, -0.1) is 10.2 Å². The predicted octanol–water partition coefficient (Wildman–Crippen LogP) is 4.79. The number of hydrogen-bond acceptors (Lipinski definition) is 5. The van der Waals surface area contributed by atoms with Gasteiger partial charge in [0.2, 0.25) is 5.91 Å². The van der Waals surface area contributed by atoms with E-state index in [-0.39, 0.29) is 11.2 Å². The highest BCUT2D eigenvalue weighted by molar-refractivity contribution is 8.00. The highest BCUT2D eigenvalue weighted by Gasteiger charge is 2.25. The number of carbonyl (C=O) groups excluding carboxylic acids is 1. The number of methoxy groups -OCH3 is 1. The smallest absolute Gasteiger partial charge is 0.233 e. The molecule has 1 heterocycles. The Bertz CT molecular complexity index is 1040. The van der Waals surface area contributed by atoms with E-state index in [1.165, 1.54) is 30.2 Å². The molecule has 1 amide bonds. The molecule has 6 nitrogen and oxygen atoms in total. The second-order valence-electron chi connectivity index (χ2n) is 7.93. The average molecular weight is 437 g/mol. The molecular formula is C24H28N4O2S. The third kappa shape index (κ3) is 4.77. The van der Waals surface area contributed by atoms with Gasteiger partial charge < -0.3 is 10.1 Å². The molecule has 1 aromatic heterocycles. The van der Waals surface area contributed by atoms with Crippen molar-refractivity contribution in [1.29, 1.82) is 0 Å². The van der Waals surface area contributed by atoms with Crippen molar-refractivity contribution in [3.8, 4) is 22.8 Å². The van der Waals surface area contributed by atoms with E-state index in [0.717, 1.165) is 29.8 Å². The van der Waals surface area contributed by atoms with E-state index in [1.807, 2.05) is 47.9 Å². The number of aromatic nitrogens is 3. The maximum Gasteiger partial charge on any atom is 0.233 e. The highest BCUT2D eigenvalue weighted by Crippen LogP contribution is 2.34. The van der Waals surface area contributed by atoms with Crippen LogP contribution in [0.3, 0.4) is 0 Å². The van der Waals surface area contributed by atoms with Gasteiger partial charge in [-0.05, 0) is 51.0 Å². The molecule has 7 heteroatoms. The summed E-state index contributed by atoms with van der Waals surface area (Å²) in [6.45, 7) is 3.98. The van der Waals surface area contributed by atoms with Crippen LogP contribution in [0.1, 0.15) is 38.2 Å². The van der Waals surface area contributed by atoms with Crippen molar-refractivity contribution in [2.45, 2.75) is 56.0 Å². The van der Waals surface area contributed by atoms with Gasteiger partial charge in [0, 0.05) is 11.7 Å². The van der Waals surface area contributed by atoms with Crippen molar-refractivity contribution in [1.82, 2.24) is 20.1 Å². The summed E-state index contributed by atoms with van der Waals surface area (Å²) in [7, 11) is 1.65. The Labute approximate surface area is 187 Å². The van der Waals surface area contributed by atoms with Gasteiger partial charge in [0.25, 0.3) is 0 Å². The zero-order chi connectivity index (χ0) is 21.8. The molecule has 1 atom stereocenters. The quantitative estimate of drug-likeness (QED) is 0.539. The number of thioether (sulfide) groups is 1. The zero-order valence-corrected chi connectivity index (χ0v) is 19.0. The molecule has 3 aromatic rings. The normalized spacial score (nSPS) is 15.1. The van der Waals surface area contributed by atoms with Gasteiger partial charge in [-0.1, -0.05) is 54.4 Å². The number of aryl methyl sites for hydroxylation is 1. The Morgan fingerprint density at radius 2 is 1.84 bits per heavy atom. The van der Waals surface area contributed by atoms with Gasteiger partial charge in [0.05, 0.1) is 17.9 Å². The van der Waals surface area contributed by atoms with Crippen molar-refractivity contribution < 1.29 is 9.53 Å². The van der Waals surface area contributed by atoms with Crippen LogP contribution in [-0.2, 0) is 4.79 Å². The van der Waals surface area contributed by atoms with Gasteiger partial charge in [0.1, 0.15) is 5.75 Å². The molecule has 162 valence electrons. The summed E-state index contributed by atoms with van der Waals surface area (Å²) >= 11 is 1.43. The molecule has 0 radical (unpaired) electrons. The molecule has 1 unspecified atom stereocenters. The molecule has 1 aliphatic rings. The van der Waals surface area contributed by atoms with Crippen LogP contribution in [0.5, 0.6) is 5.75 Å². The lowest BCUT2D eigenvalue weighted by molar-refractivity contribution is -0.120. The minimum Gasteiger partial charge on any atom is -0.496 e. The molecule has 1 aliphatic carbocycles. The van der Waals surface area contributed by atoms with E-state index in [2.05, 4.69) is 34.6 Å². The third-order valence-electron chi connectivity index (χ3n) is 5.63. The Morgan fingerprint density at radius 3 is 2.55 bits per heavy atom. The van der Waals surface area contributed by atoms with Crippen molar-refractivity contribution in [2.75, 3.05) is 7.11 Å². The first-order valence-corrected chi connectivity index (χ1v) is 11.6. The van der Waals surface area contributed by atoms with Crippen LogP contribution >= 0.6 is 11.8 Å². The van der Waals surface area contributed by atoms with Crippen LogP contribution < -0.4 is 10.1 Å². The fourth-order valence-corrected chi connectivity index (χ4v) is 4.75. The molecule has 2 aromatic carbocycles. The van der Waals surface area contributed by atoms with Gasteiger partial charge in [-0.2, -0.15) is 0 Å². The zero-order valence-electron chi connectivity index (χ0n) is 18.2. The minimum absolute atomic E-state index is 0.0502. The molecule has 4 rings (SSSR count). The number of para-hydroxylation sites is 1. The molecule has 0 saturated heterocycles. The highest BCUT2D eigenvalue weighted by atomic mass is 32.2. The fourth-order valence-electron chi connectivity index (χ4n) is 3.88. The lowest BCUT2D eigenvalue weighted by Crippen LogP contribution is -2.37. The predicted molar refractivity (Wildman–Crippen MR) is 124 cm³/mol. The molecule has 0 aliphatic heterocycles. The standard InChI is InChI=1S/C24H28N4O2S/c1-16-12-14-19(15-13-16)28-22(20-10-6-7-11-21(20)30-3)26-27-24(28)31-17(2)23(29)25-18-8-4-5-9-18/h6-7,10-15,17-18H,4-5,8-9H2,1-3H3,(H,25,29). The number of ether oxygens (including phenoxy) is 1. The number of amides is 1. The first-order valence-electron chi connectivity index (χ1n) is 10.7. The van der Waals surface area contributed by atoms with E-state index >= 15 is 0 Å². The lowest BCUT2D eigenvalue weighted by Gasteiger charge is -2.17. The number of carbonyl (C=O) groups is 1. The van der Waals surface area contributed by atoms with Crippen molar-refractivity contribution in [2.24, 2.45) is 0 Å². The van der Waals surface area contributed by atoms with Gasteiger partial charge in [-0.25, -0.2) is 0 Å². The van der Waals surface area contributed by atoms with Crippen molar-refractivity contribution >= 4 is 17.7 Å². The molecule has 31 heavy (non-hydrogen) atoms. The topological polar surface area (TPSA) is 69.0 Å². The summed E-state index contributed by atoms with van der Waals surface area (Å²) in [5.74, 6) is 1.47. The van der Waals surface area contributed by atoms with Crippen molar-refractivity contribution in [3.63, 3.8) is 0 Å². The Kier molecular flexibility index (Phi) is 6.61. The van der Waals surface area contributed by atoms with Crippen LogP contribution in [0.25, 0.3) is 17.1 Å². The first-order chi connectivity index (χ1) is 15.1. The molecule has 0 spiro atoms. The van der Waals surface area contributed by atoms with E-state index in [4.69, 9.17) is 4.74 Å². The number of nitrogens with one attached hydrogen (secondary N) is 1. The van der Waals surface area contributed by atoms with Gasteiger partial charge in [-0.3, -0.25) is 9.36 Å². The molecular weight excluding hydrogens is 408 g/mol. The van der Waals surface area contributed by atoms with E-state index in [1.54, 1.807) is 7.11 Å². The van der Waals surface area contributed by atoms with Crippen LogP contribution in [0.2, 0.25) is 0 Å². The first kappa shape index (κ1) is 21.4. The Balaban J connectivity index is 1.68. The van der Waals surface area contributed by atoms with E-state index in [0.29, 0.717) is 17.0 Å². The summed E-state index contributed by atoms with van der Waals surface area (Å²) in [5.41, 5.74) is 2.98.